The second-order valence-corrected chi connectivity index (χ2v) is 6.24. The largest absolute Gasteiger partial charge is 0.381 e. The van der Waals surface area contributed by atoms with Crippen LogP contribution in [0.1, 0.15) is 36.6 Å². The Morgan fingerprint density at radius 1 is 1.40 bits per heavy atom. The molecule has 3 rings (SSSR count). The van der Waals surface area contributed by atoms with E-state index in [4.69, 9.17) is 9.84 Å². The summed E-state index contributed by atoms with van der Waals surface area (Å²) in [5.41, 5.74) is 4.02. The maximum Gasteiger partial charge on any atom is 0.271 e. The third kappa shape index (κ3) is 3.66. The lowest BCUT2D eigenvalue weighted by molar-refractivity contribution is -0.384. The van der Waals surface area contributed by atoms with Crippen molar-refractivity contribution < 1.29 is 9.66 Å². The Balaban J connectivity index is 2.06. The van der Waals surface area contributed by atoms with E-state index in [2.05, 4.69) is 5.32 Å². The van der Waals surface area contributed by atoms with Gasteiger partial charge in [0.1, 0.15) is 5.82 Å². The molecule has 0 unspecified atom stereocenters. The van der Waals surface area contributed by atoms with Crippen molar-refractivity contribution in [3.63, 3.8) is 0 Å². The average molecular weight is 344 g/mol. The molecule has 0 saturated carbocycles. The number of hydrogen-bond donors (Lipinski definition) is 1. The quantitative estimate of drug-likeness (QED) is 0.493. The van der Waals surface area contributed by atoms with Crippen LogP contribution in [0.4, 0.5) is 11.5 Å². The van der Waals surface area contributed by atoms with E-state index in [-0.39, 0.29) is 10.6 Å². The van der Waals surface area contributed by atoms with Crippen LogP contribution in [-0.4, -0.2) is 34.5 Å². The fourth-order valence-electron chi connectivity index (χ4n) is 3.20. The van der Waals surface area contributed by atoms with E-state index in [9.17, 15) is 10.1 Å². The number of benzene rings is 1. The molecular formula is C18H24N4O3. The molecule has 1 aromatic heterocycles. The molecule has 7 heteroatoms. The van der Waals surface area contributed by atoms with Crippen LogP contribution in [0.15, 0.2) is 18.2 Å². The summed E-state index contributed by atoms with van der Waals surface area (Å²) >= 11 is 0. The summed E-state index contributed by atoms with van der Waals surface area (Å²) in [6, 6.07) is 4.91. The molecular weight excluding hydrogens is 320 g/mol. The van der Waals surface area contributed by atoms with Crippen LogP contribution in [0.2, 0.25) is 0 Å². The van der Waals surface area contributed by atoms with Gasteiger partial charge in [0.05, 0.1) is 22.9 Å². The molecule has 2 heterocycles. The third-order valence-corrected chi connectivity index (χ3v) is 4.53. The summed E-state index contributed by atoms with van der Waals surface area (Å²) in [6.45, 7) is 6.13. The van der Waals surface area contributed by atoms with Gasteiger partial charge < -0.3 is 10.1 Å². The standard InChI is InChI=1S/C18H24N4O3/c1-3-25-11-9-16-15-6-4-5-10-19-18(15)21(20-16)17-12-14(22(23)24)8-7-13(17)2/h7-8,12,19H,3-6,9-11H2,1-2H3. The lowest BCUT2D eigenvalue weighted by atomic mass is 10.1. The van der Waals surface area contributed by atoms with E-state index < -0.39 is 0 Å². The van der Waals surface area contributed by atoms with Gasteiger partial charge in [-0.3, -0.25) is 10.1 Å². The molecule has 0 radical (unpaired) electrons. The van der Waals surface area contributed by atoms with Crippen molar-refractivity contribution in [3.05, 3.63) is 45.1 Å². The van der Waals surface area contributed by atoms with E-state index in [0.29, 0.717) is 13.2 Å². The summed E-state index contributed by atoms with van der Waals surface area (Å²) in [6.07, 6.45) is 3.94. The van der Waals surface area contributed by atoms with Crippen molar-refractivity contribution in [2.75, 3.05) is 25.1 Å². The smallest absolute Gasteiger partial charge is 0.271 e. The fraction of sp³-hybridized carbons (Fsp3) is 0.500. The molecule has 0 spiro atoms. The minimum Gasteiger partial charge on any atom is -0.381 e. The van der Waals surface area contributed by atoms with Gasteiger partial charge in [-0.2, -0.15) is 5.10 Å². The molecule has 7 nitrogen and oxygen atoms in total. The number of aromatic nitrogens is 2. The Kier molecular flexibility index (Phi) is 5.33. The number of non-ortho nitro benzene ring substituents is 1. The van der Waals surface area contributed by atoms with Gasteiger partial charge in [-0.05, 0) is 38.7 Å². The molecule has 0 fully saturated rings. The molecule has 1 aliphatic rings. The summed E-state index contributed by atoms with van der Waals surface area (Å²) in [4.78, 5) is 10.8. The number of hydrogen-bond acceptors (Lipinski definition) is 5. The zero-order chi connectivity index (χ0) is 17.8. The number of nitro groups is 1. The lowest BCUT2D eigenvalue weighted by Crippen LogP contribution is -2.08. The van der Waals surface area contributed by atoms with Gasteiger partial charge >= 0.3 is 0 Å². The molecule has 0 saturated heterocycles. The van der Waals surface area contributed by atoms with E-state index in [0.717, 1.165) is 55.0 Å². The number of ether oxygens (including phenoxy) is 1. The molecule has 1 aromatic carbocycles. The first-order valence-corrected chi connectivity index (χ1v) is 8.79. The van der Waals surface area contributed by atoms with Gasteiger partial charge in [-0.15, -0.1) is 0 Å². The van der Waals surface area contributed by atoms with Crippen molar-refractivity contribution in [2.45, 2.75) is 39.5 Å². The summed E-state index contributed by atoms with van der Waals surface area (Å²) in [7, 11) is 0. The van der Waals surface area contributed by atoms with Crippen molar-refractivity contribution in [2.24, 2.45) is 0 Å². The van der Waals surface area contributed by atoms with Crippen molar-refractivity contribution in [3.8, 4) is 5.69 Å². The normalized spacial score (nSPS) is 13.8. The van der Waals surface area contributed by atoms with Crippen LogP contribution < -0.4 is 5.32 Å². The number of nitrogens with zero attached hydrogens (tertiary/aromatic N) is 3. The monoisotopic (exact) mass is 344 g/mol. The first-order valence-electron chi connectivity index (χ1n) is 8.79. The molecule has 0 amide bonds. The highest BCUT2D eigenvalue weighted by atomic mass is 16.6. The molecule has 0 bridgehead atoms. The molecule has 1 N–H and O–H groups in total. The van der Waals surface area contributed by atoms with Crippen LogP contribution in [0.25, 0.3) is 5.69 Å². The number of rotatable bonds is 6. The van der Waals surface area contributed by atoms with E-state index >= 15 is 0 Å². The van der Waals surface area contributed by atoms with Crippen LogP contribution in [0.3, 0.4) is 0 Å². The van der Waals surface area contributed by atoms with E-state index in [1.165, 1.54) is 11.6 Å². The first-order chi connectivity index (χ1) is 12.1. The van der Waals surface area contributed by atoms with Crippen molar-refractivity contribution >= 4 is 11.5 Å². The molecule has 134 valence electrons. The van der Waals surface area contributed by atoms with Gasteiger partial charge in [0.2, 0.25) is 0 Å². The Labute approximate surface area is 147 Å². The Morgan fingerprint density at radius 3 is 3.00 bits per heavy atom. The average Bonchev–Trinajstić information content (AvgIpc) is 2.77. The van der Waals surface area contributed by atoms with Crippen molar-refractivity contribution in [1.29, 1.82) is 0 Å². The predicted octanol–water partition coefficient (Wildman–Crippen LogP) is 3.42. The van der Waals surface area contributed by atoms with Crippen LogP contribution in [0.5, 0.6) is 0 Å². The van der Waals surface area contributed by atoms with E-state index in [1.54, 1.807) is 12.1 Å². The third-order valence-electron chi connectivity index (χ3n) is 4.53. The van der Waals surface area contributed by atoms with Gasteiger partial charge in [0.25, 0.3) is 5.69 Å². The van der Waals surface area contributed by atoms with Crippen molar-refractivity contribution in [1.82, 2.24) is 9.78 Å². The topological polar surface area (TPSA) is 82.2 Å². The molecule has 0 aliphatic carbocycles. The summed E-state index contributed by atoms with van der Waals surface area (Å²) in [5, 5.41) is 19.4. The number of anilines is 1. The van der Waals surface area contributed by atoms with Gasteiger partial charge in [0.15, 0.2) is 0 Å². The lowest BCUT2D eigenvalue weighted by Gasteiger charge is -2.11. The second-order valence-electron chi connectivity index (χ2n) is 6.24. The zero-order valence-corrected chi connectivity index (χ0v) is 14.7. The Bertz CT molecular complexity index is 770. The Hall–Kier alpha value is -2.41. The maximum absolute atomic E-state index is 11.2. The fourth-order valence-corrected chi connectivity index (χ4v) is 3.20. The Morgan fingerprint density at radius 2 is 2.24 bits per heavy atom. The number of fused-ring (bicyclic) bond motifs is 1. The molecule has 0 atom stereocenters. The second kappa shape index (κ2) is 7.65. The molecule has 1 aliphatic heterocycles. The molecule has 25 heavy (non-hydrogen) atoms. The summed E-state index contributed by atoms with van der Waals surface area (Å²) < 4.78 is 7.33. The van der Waals surface area contributed by atoms with Crippen LogP contribution >= 0.6 is 0 Å². The highest BCUT2D eigenvalue weighted by Gasteiger charge is 2.22. The molecule has 2 aromatic rings. The number of nitrogens with one attached hydrogen (secondary N) is 1. The van der Waals surface area contributed by atoms with Gasteiger partial charge in [-0.25, -0.2) is 4.68 Å². The van der Waals surface area contributed by atoms with Crippen LogP contribution in [0, 0.1) is 17.0 Å². The van der Waals surface area contributed by atoms with Crippen LogP contribution in [-0.2, 0) is 17.6 Å². The highest BCUT2D eigenvalue weighted by Crippen LogP contribution is 2.31. The summed E-state index contributed by atoms with van der Waals surface area (Å²) in [5.74, 6) is 0.965. The number of nitro benzene ring substituents is 1. The number of aryl methyl sites for hydroxylation is 1. The minimum absolute atomic E-state index is 0.0781. The predicted molar refractivity (Wildman–Crippen MR) is 96.6 cm³/mol. The first kappa shape index (κ1) is 17.4. The van der Waals surface area contributed by atoms with Gasteiger partial charge in [-0.1, -0.05) is 6.07 Å². The zero-order valence-electron chi connectivity index (χ0n) is 14.7. The maximum atomic E-state index is 11.2. The van der Waals surface area contributed by atoms with E-state index in [1.807, 2.05) is 18.5 Å². The minimum atomic E-state index is -0.367. The van der Waals surface area contributed by atoms with Gasteiger partial charge in [0, 0.05) is 37.3 Å². The SMILES string of the molecule is CCOCCc1nn(-c2cc([N+](=O)[O-])ccc2C)c2c1CCCCN2. The highest BCUT2D eigenvalue weighted by molar-refractivity contribution is 5.58.